The van der Waals surface area contributed by atoms with Crippen molar-refractivity contribution in [2.75, 3.05) is 19.1 Å². The summed E-state index contributed by atoms with van der Waals surface area (Å²) in [5.41, 5.74) is 6.25. The summed E-state index contributed by atoms with van der Waals surface area (Å²) >= 11 is 5.91. The third-order valence-corrected chi connectivity index (χ3v) is 2.62. The molecule has 4 heteroatoms. The van der Waals surface area contributed by atoms with Crippen molar-refractivity contribution < 1.29 is 9.47 Å². The molecule has 0 saturated heterocycles. The average Bonchev–Trinajstić information content (AvgIpc) is 3.01. The number of halogens is 1. The first-order chi connectivity index (χ1) is 7.25. The average molecular weight is 228 g/mol. The van der Waals surface area contributed by atoms with Gasteiger partial charge < -0.3 is 15.2 Å². The Morgan fingerprint density at radius 3 is 2.93 bits per heavy atom. The lowest BCUT2D eigenvalue weighted by Gasteiger charge is -2.08. The second kappa shape index (κ2) is 4.73. The molecule has 2 N–H and O–H groups in total. The third-order valence-electron chi connectivity index (χ3n) is 2.30. The van der Waals surface area contributed by atoms with E-state index in [9.17, 15) is 0 Å². The van der Waals surface area contributed by atoms with Gasteiger partial charge in [-0.3, -0.25) is 0 Å². The van der Waals surface area contributed by atoms with Crippen LogP contribution in [0.2, 0.25) is 5.02 Å². The molecule has 0 atom stereocenters. The summed E-state index contributed by atoms with van der Waals surface area (Å²) in [5, 5.41) is 0.555. The molecule has 1 aromatic carbocycles. The second-order valence-corrected chi connectivity index (χ2v) is 4.17. The second-order valence-electron chi connectivity index (χ2n) is 3.77. The fraction of sp³-hybridized carbons (Fsp3) is 0.455. The Bertz CT molecular complexity index is 339. The summed E-state index contributed by atoms with van der Waals surface area (Å²) in [6, 6.07) is 5.15. The molecular weight excluding hydrogens is 214 g/mol. The maximum atomic E-state index is 5.91. The van der Waals surface area contributed by atoms with E-state index in [0.717, 1.165) is 12.5 Å². The first kappa shape index (κ1) is 10.6. The molecule has 3 nitrogen and oxygen atoms in total. The topological polar surface area (TPSA) is 44.5 Å². The number of hydrogen-bond donors (Lipinski definition) is 1. The Hall–Kier alpha value is -0.930. The summed E-state index contributed by atoms with van der Waals surface area (Å²) in [5.74, 6) is 1.32. The highest BCUT2D eigenvalue weighted by molar-refractivity contribution is 6.32. The predicted molar refractivity (Wildman–Crippen MR) is 60.0 cm³/mol. The molecule has 0 spiro atoms. The molecule has 0 unspecified atom stereocenters. The minimum absolute atomic E-state index is 0.236. The van der Waals surface area contributed by atoms with Crippen LogP contribution in [0.25, 0.3) is 0 Å². The van der Waals surface area contributed by atoms with E-state index >= 15 is 0 Å². The van der Waals surface area contributed by atoms with Gasteiger partial charge in [-0.25, -0.2) is 0 Å². The molecule has 1 aliphatic rings. The van der Waals surface area contributed by atoms with Crippen molar-refractivity contribution >= 4 is 17.3 Å². The molecule has 0 heterocycles. The van der Waals surface area contributed by atoms with Crippen molar-refractivity contribution in [3.63, 3.8) is 0 Å². The van der Waals surface area contributed by atoms with Crippen molar-refractivity contribution in [1.82, 2.24) is 0 Å². The van der Waals surface area contributed by atoms with Crippen LogP contribution in [0.3, 0.4) is 0 Å². The van der Waals surface area contributed by atoms with Gasteiger partial charge in [-0.1, -0.05) is 11.6 Å². The van der Waals surface area contributed by atoms with Crippen LogP contribution in [0.4, 0.5) is 5.69 Å². The molecular formula is C11H14ClNO2. The molecule has 0 aromatic heterocycles. The van der Waals surface area contributed by atoms with E-state index in [0.29, 0.717) is 16.5 Å². The van der Waals surface area contributed by atoms with Crippen molar-refractivity contribution in [3.05, 3.63) is 23.2 Å². The molecule has 0 amide bonds. The normalized spacial score (nSPS) is 15.3. The van der Waals surface area contributed by atoms with Gasteiger partial charge in [0, 0.05) is 11.8 Å². The largest absolute Gasteiger partial charge is 0.466 e. The summed E-state index contributed by atoms with van der Waals surface area (Å²) < 4.78 is 10.7. The maximum Gasteiger partial charge on any atom is 0.189 e. The van der Waals surface area contributed by atoms with Gasteiger partial charge in [-0.15, -0.1) is 0 Å². The number of hydrogen-bond acceptors (Lipinski definition) is 3. The van der Waals surface area contributed by atoms with Crippen molar-refractivity contribution in [2.24, 2.45) is 5.92 Å². The van der Waals surface area contributed by atoms with E-state index in [1.54, 1.807) is 18.2 Å². The monoisotopic (exact) mass is 227 g/mol. The van der Waals surface area contributed by atoms with Gasteiger partial charge in [-0.05, 0) is 30.9 Å². The van der Waals surface area contributed by atoms with Gasteiger partial charge in [0.25, 0.3) is 0 Å². The van der Waals surface area contributed by atoms with Crippen molar-refractivity contribution in [2.45, 2.75) is 12.8 Å². The molecule has 1 saturated carbocycles. The standard InChI is InChI=1S/C11H14ClNO2/c12-10-4-3-9(13)5-11(10)15-7-14-6-8-1-2-8/h3-5,8H,1-2,6-7,13H2. The van der Waals surface area contributed by atoms with Gasteiger partial charge in [0.05, 0.1) is 11.6 Å². The summed E-state index contributed by atoms with van der Waals surface area (Å²) in [6.45, 7) is 1.01. The highest BCUT2D eigenvalue weighted by atomic mass is 35.5. The Labute approximate surface area is 94.1 Å². The van der Waals surface area contributed by atoms with Gasteiger partial charge in [0.2, 0.25) is 0 Å². The van der Waals surface area contributed by atoms with Crippen LogP contribution >= 0.6 is 11.6 Å². The summed E-state index contributed by atoms with van der Waals surface area (Å²) in [4.78, 5) is 0. The first-order valence-corrected chi connectivity index (χ1v) is 5.39. The molecule has 2 rings (SSSR count). The van der Waals surface area contributed by atoms with Gasteiger partial charge >= 0.3 is 0 Å². The minimum Gasteiger partial charge on any atom is -0.466 e. The smallest absolute Gasteiger partial charge is 0.189 e. The summed E-state index contributed by atoms with van der Waals surface area (Å²) in [6.07, 6.45) is 2.55. The van der Waals surface area contributed by atoms with Crippen molar-refractivity contribution in [1.29, 1.82) is 0 Å². The van der Waals surface area contributed by atoms with Gasteiger partial charge in [-0.2, -0.15) is 0 Å². The number of ether oxygens (including phenoxy) is 2. The zero-order valence-electron chi connectivity index (χ0n) is 8.41. The zero-order valence-corrected chi connectivity index (χ0v) is 9.17. The lowest BCUT2D eigenvalue weighted by molar-refractivity contribution is 0.0101. The van der Waals surface area contributed by atoms with E-state index in [-0.39, 0.29) is 6.79 Å². The minimum atomic E-state index is 0.236. The Morgan fingerprint density at radius 1 is 1.40 bits per heavy atom. The van der Waals surface area contributed by atoms with Crippen LogP contribution < -0.4 is 10.5 Å². The number of rotatable bonds is 5. The molecule has 1 fully saturated rings. The zero-order chi connectivity index (χ0) is 10.7. The number of nitrogen functional groups attached to an aromatic ring is 1. The van der Waals surface area contributed by atoms with E-state index < -0.39 is 0 Å². The van der Waals surface area contributed by atoms with Crippen LogP contribution in [0, 0.1) is 5.92 Å². The Balaban J connectivity index is 1.78. The van der Waals surface area contributed by atoms with Crippen LogP contribution in [0.5, 0.6) is 5.75 Å². The third kappa shape index (κ3) is 3.29. The van der Waals surface area contributed by atoms with Crippen LogP contribution in [0.1, 0.15) is 12.8 Å². The fourth-order valence-electron chi connectivity index (χ4n) is 1.24. The fourth-order valence-corrected chi connectivity index (χ4v) is 1.41. The number of nitrogens with two attached hydrogens (primary N) is 1. The number of anilines is 1. The Kier molecular flexibility index (Phi) is 3.34. The SMILES string of the molecule is Nc1ccc(Cl)c(OCOCC2CC2)c1. The van der Waals surface area contributed by atoms with E-state index in [1.165, 1.54) is 12.8 Å². The molecule has 82 valence electrons. The summed E-state index contributed by atoms with van der Waals surface area (Å²) in [7, 11) is 0. The predicted octanol–water partition coefficient (Wildman–Crippen LogP) is 2.69. The quantitative estimate of drug-likeness (QED) is 0.478. The highest BCUT2D eigenvalue weighted by Crippen LogP contribution is 2.29. The molecule has 15 heavy (non-hydrogen) atoms. The molecule has 1 aromatic rings. The van der Waals surface area contributed by atoms with Gasteiger partial charge in [0.1, 0.15) is 5.75 Å². The molecule has 0 aliphatic heterocycles. The molecule has 0 radical (unpaired) electrons. The Morgan fingerprint density at radius 2 is 2.20 bits per heavy atom. The first-order valence-electron chi connectivity index (χ1n) is 5.01. The lowest BCUT2D eigenvalue weighted by Crippen LogP contribution is -2.05. The van der Waals surface area contributed by atoms with E-state index in [2.05, 4.69) is 0 Å². The number of benzene rings is 1. The molecule has 1 aliphatic carbocycles. The van der Waals surface area contributed by atoms with Crippen molar-refractivity contribution in [3.8, 4) is 5.75 Å². The van der Waals surface area contributed by atoms with Crippen LogP contribution in [0.15, 0.2) is 18.2 Å². The van der Waals surface area contributed by atoms with E-state index in [1.807, 2.05) is 0 Å². The van der Waals surface area contributed by atoms with Crippen LogP contribution in [-0.4, -0.2) is 13.4 Å². The highest BCUT2D eigenvalue weighted by Gasteiger charge is 2.21. The van der Waals surface area contributed by atoms with Gasteiger partial charge in [0.15, 0.2) is 6.79 Å². The maximum absolute atomic E-state index is 5.91. The lowest BCUT2D eigenvalue weighted by atomic mass is 10.3. The van der Waals surface area contributed by atoms with E-state index in [4.69, 9.17) is 26.8 Å². The molecule has 0 bridgehead atoms. The van der Waals surface area contributed by atoms with Crippen LogP contribution in [-0.2, 0) is 4.74 Å².